The van der Waals surface area contributed by atoms with Crippen molar-refractivity contribution in [2.75, 3.05) is 13.2 Å². The molecule has 1 aromatic heterocycles. The summed E-state index contributed by atoms with van der Waals surface area (Å²) < 4.78 is 5.36. The van der Waals surface area contributed by atoms with E-state index in [1.165, 1.54) is 12.8 Å². The summed E-state index contributed by atoms with van der Waals surface area (Å²) in [4.78, 5) is 8.95. The van der Waals surface area contributed by atoms with Gasteiger partial charge in [0.1, 0.15) is 5.82 Å². The van der Waals surface area contributed by atoms with Crippen LogP contribution in [0.3, 0.4) is 0 Å². The van der Waals surface area contributed by atoms with Gasteiger partial charge in [0.15, 0.2) is 0 Å². The number of ether oxygens (including phenoxy) is 1. The molecule has 1 saturated carbocycles. The molecule has 1 N–H and O–H groups in total. The lowest BCUT2D eigenvalue weighted by Gasteiger charge is -2.08. The van der Waals surface area contributed by atoms with Crippen molar-refractivity contribution in [3.8, 4) is 0 Å². The zero-order chi connectivity index (χ0) is 10.8. The predicted octanol–water partition coefficient (Wildman–Crippen LogP) is 1.23. The van der Waals surface area contributed by atoms with E-state index in [2.05, 4.69) is 15.3 Å². The number of hydrogen-bond acceptors (Lipinski definition) is 4. The van der Waals surface area contributed by atoms with E-state index in [9.17, 15) is 0 Å². The van der Waals surface area contributed by atoms with Gasteiger partial charge in [-0.3, -0.25) is 0 Å². The summed E-state index contributed by atoms with van der Waals surface area (Å²) in [6.07, 6.45) is 5.55. The Balaban J connectivity index is 1.65. The van der Waals surface area contributed by atoms with E-state index in [0.29, 0.717) is 5.92 Å². The Hall–Kier alpha value is -1.00. The average Bonchev–Trinajstić information content (AvgIpc) is 2.99. The molecule has 0 amide bonds. The lowest BCUT2D eigenvalue weighted by atomic mass is 10.1. The first-order valence-corrected chi connectivity index (χ1v) is 6.05. The van der Waals surface area contributed by atoms with Gasteiger partial charge < -0.3 is 10.1 Å². The molecule has 0 spiro atoms. The van der Waals surface area contributed by atoms with Gasteiger partial charge in [0, 0.05) is 31.3 Å². The molecule has 16 heavy (non-hydrogen) atoms. The standard InChI is InChI=1S/C12H17N3O/c1-2-10(1)14-7-11-3-5-13-12(15-11)9-4-6-16-8-9/h3,5,9-10,14H,1-2,4,6-8H2. The second kappa shape index (κ2) is 4.47. The molecule has 1 unspecified atom stereocenters. The number of rotatable bonds is 4. The summed E-state index contributed by atoms with van der Waals surface area (Å²) in [5.74, 6) is 1.36. The van der Waals surface area contributed by atoms with Gasteiger partial charge in [-0.1, -0.05) is 0 Å². The highest BCUT2D eigenvalue weighted by molar-refractivity contribution is 5.07. The minimum absolute atomic E-state index is 0.404. The smallest absolute Gasteiger partial charge is 0.134 e. The second-order valence-electron chi connectivity index (χ2n) is 4.62. The maximum atomic E-state index is 5.36. The molecule has 86 valence electrons. The Morgan fingerprint density at radius 2 is 2.31 bits per heavy atom. The molecule has 4 heteroatoms. The first kappa shape index (κ1) is 10.2. The SMILES string of the molecule is c1cc(CNC2CC2)nc(C2CCOC2)n1. The Morgan fingerprint density at radius 3 is 3.06 bits per heavy atom. The van der Waals surface area contributed by atoms with Crippen LogP contribution in [0.1, 0.15) is 36.7 Å². The molecular weight excluding hydrogens is 202 g/mol. The summed E-state index contributed by atoms with van der Waals surface area (Å²) in [6.45, 7) is 2.49. The van der Waals surface area contributed by atoms with Gasteiger partial charge in [0.05, 0.1) is 12.3 Å². The van der Waals surface area contributed by atoms with Crippen LogP contribution in [0, 0.1) is 0 Å². The summed E-state index contributed by atoms with van der Waals surface area (Å²) in [6, 6.07) is 2.72. The molecular formula is C12H17N3O. The summed E-state index contributed by atoms with van der Waals surface area (Å²) in [5, 5.41) is 3.47. The monoisotopic (exact) mass is 219 g/mol. The molecule has 0 aromatic carbocycles. The second-order valence-corrected chi connectivity index (χ2v) is 4.62. The van der Waals surface area contributed by atoms with Crippen LogP contribution >= 0.6 is 0 Å². The zero-order valence-corrected chi connectivity index (χ0v) is 9.35. The molecule has 4 nitrogen and oxygen atoms in total. The van der Waals surface area contributed by atoms with Gasteiger partial charge >= 0.3 is 0 Å². The molecule has 3 rings (SSSR count). The Kier molecular flexibility index (Phi) is 2.84. The van der Waals surface area contributed by atoms with Crippen LogP contribution in [0.2, 0.25) is 0 Å². The summed E-state index contributed by atoms with van der Waals surface area (Å²) >= 11 is 0. The first-order valence-electron chi connectivity index (χ1n) is 6.05. The molecule has 1 atom stereocenters. The number of nitrogens with zero attached hydrogens (tertiary/aromatic N) is 2. The lowest BCUT2D eigenvalue weighted by molar-refractivity contribution is 0.193. The molecule has 2 aliphatic rings. The van der Waals surface area contributed by atoms with Gasteiger partial charge in [0.2, 0.25) is 0 Å². The molecule has 2 heterocycles. The van der Waals surface area contributed by atoms with Crippen LogP contribution in [-0.4, -0.2) is 29.2 Å². The van der Waals surface area contributed by atoms with Crippen molar-refractivity contribution in [2.45, 2.75) is 37.8 Å². The van der Waals surface area contributed by atoms with Crippen molar-refractivity contribution in [3.05, 3.63) is 23.8 Å². The van der Waals surface area contributed by atoms with Gasteiger partial charge in [0.25, 0.3) is 0 Å². The number of hydrogen-bond donors (Lipinski definition) is 1. The fourth-order valence-electron chi connectivity index (χ4n) is 1.98. The van der Waals surface area contributed by atoms with Crippen LogP contribution in [0.15, 0.2) is 12.3 Å². The highest BCUT2D eigenvalue weighted by Gasteiger charge is 2.22. The third-order valence-corrected chi connectivity index (χ3v) is 3.18. The molecule has 0 radical (unpaired) electrons. The molecule has 1 aliphatic carbocycles. The van der Waals surface area contributed by atoms with Crippen molar-refractivity contribution in [3.63, 3.8) is 0 Å². The minimum Gasteiger partial charge on any atom is -0.381 e. The summed E-state index contributed by atoms with van der Waals surface area (Å²) in [7, 11) is 0. The quantitative estimate of drug-likeness (QED) is 0.827. The van der Waals surface area contributed by atoms with Crippen molar-refractivity contribution in [1.29, 1.82) is 0 Å². The molecule has 2 fully saturated rings. The zero-order valence-electron chi connectivity index (χ0n) is 9.35. The van der Waals surface area contributed by atoms with Crippen LogP contribution in [-0.2, 0) is 11.3 Å². The summed E-state index contributed by atoms with van der Waals surface area (Å²) in [5.41, 5.74) is 1.10. The van der Waals surface area contributed by atoms with E-state index in [1.807, 2.05) is 12.3 Å². The number of nitrogens with one attached hydrogen (secondary N) is 1. The number of aromatic nitrogens is 2. The largest absolute Gasteiger partial charge is 0.381 e. The van der Waals surface area contributed by atoms with Crippen LogP contribution in [0.5, 0.6) is 0 Å². The van der Waals surface area contributed by atoms with Gasteiger partial charge in [-0.25, -0.2) is 9.97 Å². The van der Waals surface area contributed by atoms with E-state index < -0.39 is 0 Å². The van der Waals surface area contributed by atoms with Gasteiger partial charge in [-0.05, 0) is 25.3 Å². The minimum atomic E-state index is 0.404. The van der Waals surface area contributed by atoms with E-state index in [-0.39, 0.29) is 0 Å². The van der Waals surface area contributed by atoms with Gasteiger partial charge in [-0.2, -0.15) is 0 Å². The average molecular weight is 219 g/mol. The van der Waals surface area contributed by atoms with E-state index in [4.69, 9.17) is 4.74 Å². The molecule has 1 aromatic rings. The van der Waals surface area contributed by atoms with Gasteiger partial charge in [-0.15, -0.1) is 0 Å². The highest BCUT2D eigenvalue weighted by atomic mass is 16.5. The van der Waals surface area contributed by atoms with Crippen molar-refractivity contribution in [2.24, 2.45) is 0 Å². The van der Waals surface area contributed by atoms with Crippen LogP contribution in [0.25, 0.3) is 0 Å². The van der Waals surface area contributed by atoms with Crippen LogP contribution < -0.4 is 5.32 Å². The highest BCUT2D eigenvalue weighted by Crippen LogP contribution is 2.22. The fraction of sp³-hybridized carbons (Fsp3) is 0.667. The topological polar surface area (TPSA) is 47.0 Å². The fourth-order valence-corrected chi connectivity index (χ4v) is 1.98. The van der Waals surface area contributed by atoms with Crippen molar-refractivity contribution >= 4 is 0 Å². The molecule has 1 saturated heterocycles. The molecule has 0 bridgehead atoms. The first-order chi connectivity index (χ1) is 7.92. The van der Waals surface area contributed by atoms with E-state index in [0.717, 1.165) is 43.7 Å². The predicted molar refractivity (Wildman–Crippen MR) is 60.1 cm³/mol. The van der Waals surface area contributed by atoms with E-state index >= 15 is 0 Å². The normalized spacial score (nSPS) is 24.9. The third kappa shape index (κ3) is 2.39. The van der Waals surface area contributed by atoms with Crippen molar-refractivity contribution in [1.82, 2.24) is 15.3 Å². The lowest BCUT2D eigenvalue weighted by Crippen LogP contribution is -2.17. The van der Waals surface area contributed by atoms with E-state index in [1.54, 1.807) is 0 Å². The van der Waals surface area contributed by atoms with Crippen molar-refractivity contribution < 1.29 is 4.74 Å². The van der Waals surface area contributed by atoms with Crippen LogP contribution in [0.4, 0.5) is 0 Å². The molecule has 1 aliphatic heterocycles. The maximum absolute atomic E-state index is 5.36. The maximum Gasteiger partial charge on any atom is 0.134 e. The Bertz CT molecular complexity index is 359. The third-order valence-electron chi connectivity index (χ3n) is 3.18. The Morgan fingerprint density at radius 1 is 1.38 bits per heavy atom. The Labute approximate surface area is 95.4 Å².